The lowest BCUT2D eigenvalue weighted by Crippen LogP contribution is -2.46. The van der Waals surface area contributed by atoms with Crippen molar-refractivity contribution in [3.8, 4) is 0 Å². The third kappa shape index (κ3) is 2.79. The minimum Gasteiger partial charge on any atom is -0.374 e. The van der Waals surface area contributed by atoms with Crippen molar-refractivity contribution in [2.45, 2.75) is 37.8 Å². The molecule has 0 aromatic heterocycles. The third-order valence-corrected chi connectivity index (χ3v) is 3.72. The van der Waals surface area contributed by atoms with Gasteiger partial charge in [-0.25, -0.2) is 4.39 Å². The van der Waals surface area contributed by atoms with Gasteiger partial charge in [-0.15, -0.1) is 0 Å². The molecule has 17 heavy (non-hydrogen) atoms. The van der Waals surface area contributed by atoms with Crippen LogP contribution in [0, 0.1) is 5.82 Å². The summed E-state index contributed by atoms with van der Waals surface area (Å²) in [6.07, 6.45) is 2.39. The van der Waals surface area contributed by atoms with Gasteiger partial charge in [0.15, 0.2) is 0 Å². The Labute approximate surface area is 106 Å². The monoisotopic (exact) mass is 257 g/mol. The lowest BCUT2D eigenvalue weighted by molar-refractivity contribution is -0.00107. The maximum Gasteiger partial charge on any atom is 0.126 e. The van der Waals surface area contributed by atoms with Crippen LogP contribution < -0.4 is 5.73 Å². The quantitative estimate of drug-likeness (QED) is 0.904. The summed E-state index contributed by atoms with van der Waals surface area (Å²) in [6.45, 7) is 2.73. The molecule has 0 spiro atoms. The third-order valence-electron chi connectivity index (χ3n) is 3.48. The van der Waals surface area contributed by atoms with Crippen molar-refractivity contribution in [3.63, 3.8) is 0 Å². The second kappa shape index (κ2) is 4.92. The van der Waals surface area contributed by atoms with E-state index in [1.165, 1.54) is 6.07 Å². The van der Waals surface area contributed by atoms with Crippen molar-refractivity contribution < 1.29 is 9.13 Å². The minimum absolute atomic E-state index is 0.210. The first kappa shape index (κ1) is 12.8. The summed E-state index contributed by atoms with van der Waals surface area (Å²) in [5.74, 6) is -0.258. The highest BCUT2D eigenvalue weighted by Crippen LogP contribution is 2.30. The first-order valence-corrected chi connectivity index (χ1v) is 6.22. The van der Waals surface area contributed by atoms with Gasteiger partial charge in [-0.1, -0.05) is 11.6 Å². The van der Waals surface area contributed by atoms with Crippen molar-refractivity contribution in [1.29, 1.82) is 0 Å². The van der Waals surface area contributed by atoms with Crippen molar-refractivity contribution in [2.75, 3.05) is 6.61 Å². The van der Waals surface area contributed by atoms with Crippen molar-refractivity contribution in [3.05, 3.63) is 34.6 Å². The molecule has 4 heteroatoms. The molecule has 2 rings (SSSR count). The highest BCUT2D eigenvalue weighted by atomic mass is 35.5. The molecule has 0 bridgehead atoms. The highest BCUT2D eigenvalue weighted by Gasteiger charge is 2.36. The van der Waals surface area contributed by atoms with E-state index in [1.54, 1.807) is 12.1 Å². The maximum absolute atomic E-state index is 13.6. The van der Waals surface area contributed by atoms with Crippen LogP contribution in [-0.4, -0.2) is 18.2 Å². The molecule has 2 nitrogen and oxygen atoms in total. The van der Waals surface area contributed by atoms with Gasteiger partial charge < -0.3 is 10.5 Å². The second-order valence-electron chi connectivity index (χ2n) is 4.81. The first-order chi connectivity index (χ1) is 8.01. The molecule has 2 unspecified atom stereocenters. The fourth-order valence-corrected chi connectivity index (χ4v) is 2.44. The van der Waals surface area contributed by atoms with Gasteiger partial charge in [0.2, 0.25) is 0 Å². The number of rotatable bonds is 3. The maximum atomic E-state index is 13.6. The van der Waals surface area contributed by atoms with Crippen molar-refractivity contribution in [1.82, 2.24) is 0 Å². The normalized spacial score (nSPS) is 26.1. The fraction of sp³-hybridized carbons (Fsp3) is 0.538. The molecule has 2 N–H and O–H groups in total. The second-order valence-corrected chi connectivity index (χ2v) is 5.25. The lowest BCUT2D eigenvalue weighted by atomic mass is 9.89. The Balaban J connectivity index is 2.12. The van der Waals surface area contributed by atoms with Crippen LogP contribution >= 0.6 is 11.6 Å². The smallest absolute Gasteiger partial charge is 0.126 e. The largest absolute Gasteiger partial charge is 0.374 e. The Bertz CT molecular complexity index is 404. The van der Waals surface area contributed by atoms with E-state index in [0.717, 1.165) is 19.4 Å². The lowest BCUT2D eigenvalue weighted by Gasteiger charge is -2.30. The number of ether oxygens (including phenoxy) is 1. The van der Waals surface area contributed by atoms with E-state index >= 15 is 0 Å². The average Bonchev–Trinajstić information content (AvgIpc) is 2.72. The van der Waals surface area contributed by atoms with E-state index in [9.17, 15) is 4.39 Å². The number of nitrogens with two attached hydrogens (primary N) is 1. The molecule has 0 saturated carbocycles. The van der Waals surface area contributed by atoms with Crippen LogP contribution in [0.25, 0.3) is 0 Å². The molecule has 1 aromatic rings. The zero-order valence-electron chi connectivity index (χ0n) is 9.88. The Morgan fingerprint density at radius 3 is 3.00 bits per heavy atom. The van der Waals surface area contributed by atoms with Crippen LogP contribution in [0.2, 0.25) is 5.02 Å². The summed E-state index contributed by atoms with van der Waals surface area (Å²) < 4.78 is 19.3. The Morgan fingerprint density at radius 1 is 1.59 bits per heavy atom. The summed E-state index contributed by atoms with van der Waals surface area (Å²) in [7, 11) is 0. The van der Waals surface area contributed by atoms with E-state index in [-0.39, 0.29) is 17.5 Å². The average molecular weight is 258 g/mol. The van der Waals surface area contributed by atoms with Gasteiger partial charge in [-0.3, -0.25) is 0 Å². The Kier molecular flexibility index (Phi) is 3.71. The van der Waals surface area contributed by atoms with Crippen LogP contribution in [0.3, 0.4) is 0 Å². The van der Waals surface area contributed by atoms with Crippen LogP contribution in [0.5, 0.6) is 0 Å². The summed E-state index contributed by atoms with van der Waals surface area (Å²) in [4.78, 5) is 0. The summed E-state index contributed by atoms with van der Waals surface area (Å²) >= 11 is 5.86. The van der Waals surface area contributed by atoms with Crippen LogP contribution in [0.4, 0.5) is 4.39 Å². The van der Waals surface area contributed by atoms with Gasteiger partial charge in [-0.2, -0.15) is 0 Å². The zero-order valence-corrected chi connectivity index (χ0v) is 10.6. The van der Waals surface area contributed by atoms with Gasteiger partial charge >= 0.3 is 0 Å². The summed E-state index contributed by atoms with van der Waals surface area (Å²) in [5, 5.41) is 0.533. The first-order valence-electron chi connectivity index (χ1n) is 5.85. The van der Waals surface area contributed by atoms with E-state index in [0.29, 0.717) is 17.0 Å². The van der Waals surface area contributed by atoms with E-state index in [1.807, 2.05) is 6.92 Å². The molecule has 1 aliphatic heterocycles. The molecule has 0 amide bonds. The molecular formula is C13H17ClFNO. The molecule has 0 aliphatic carbocycles. The highest BCUT2D eigenvalue weighted by molar-refractivity contribution is 6.30. The summed E-state index contributed by atoms with van der Waals surface area (Å²) in [5.41, 5.74) is 6.35. The topological polar surface area (TPSA) is 35.2 Å². The minimum atomic E-state index is -0.339. The SMILES string of the molecule is CC1(C(N)Cc2cc(Cl)ccc2F)CCCO1. The molecule has 1 saturated heterocycles. The van der Waals surface area contributed by atoms with Gasteiger partial charge in [0.05, 0.1) is 5.60 Å². The standard InChI is InChI=1S/C13H17ClFNO/c1-13(5-2-6-17-13)12(16)8-9-7-10(14)3-4-11(9)15/h3-4,7,12H,2,5-6,8,16H2,1H3. The van der Waals surface area contributed by atoms with Gasteiger partial charge in [0.1, 0.15) is 5.82 Å². The van der Waals surface area contributed by atoms with Crippen molar-refractivity contribution in [2.24, 2.45) is 5.73 Å². The van der Waals surface area contributed by atoms with Crippen molar-refractivity contribution >= 4 is 11.6 Å². The van der Waals surface area contributed by atoms with E-state index < -0.39 is 0 Å². The number of hydrogen-bond donors (Lipinski definition) is 1. The molecule has 94 valence electrons. The van der Waals surface area contributed by atoms with Gasteiger partial charge in [0.25, 0.3) is 0 Å². The summed E-state index contributed by atoms with van der Waals surface area (Å²) in [6, 6.07) is 4.34. The number of benzene rings is 1. The predicted molar refractivity (Wildman–Crippen MR) is 66.7 cm³/mol. The molecule has 1 fully saturated rings. The van der Waals surface area contributed by atoms with Crippen LogP contribution in [-0.2, 0) is 11.2 Å². The Morgan fingerprint density at radius 2 is 2.35 bits per heavy atom. The fourth-order valence-electron chi connectivity index (χ4n) is 2.25. The molecule has 2 atom stereocenters. The van der Waals surface area contributed by atoms with Crippen LogP contribution in [0.15, 0.2) is 18.2 Å². The molecule has 1 aliphatic rings. The molecule has 1 heterocycles. The number of halogens is 2. The van der Waals surface area contributed by atoms with E-state index in [4.69, 9.17) is 22.1 Å². The van der Waals surface area contributed by atoms with E-state index in [2.05, 4.69) is 0 Å². The predicted octanol–water partition coefficient (Wildman–Crippen LogP) is 2.92. The Hall–Kier alpha value is -0.640. The molecular weight excluding hydrogens is 241 g/mol. The number of hydrogen-bond acceptors (Lipinski definition) is 2. The molecule has 1 aromatic carbocycles. The van der Waals surface area contributed by atoms with Crippen LogP contribution in [0.1, 0.15) is 25.3 Å². The van der Waals surface area contributed by atoms with Gasteiger partial charge in [-0.05, 0) is 49.9 Å². The molecule has 0 radical (unpaired) electrons. The van der Waals surface area contributed by atoms with Gasteiger partial charge in [0, 0.05) is 17.7 Å². The zero-order chi connectivity index (χ0) is 12.5.